The molecule has 0 rings (SSSR count). The molecule has 0 aliphatic carbocycles. The first kappa shape index (κ1) is 8.02. The van der Waals surface area contributed by atoms with Crippen LogP contribution in [-0.4, -0.2) is 21.0 Å². The van der Waals surface area contributed by atoms with Gasteiger partial charge in [0.2, 0.25) is 0 Å². The minimum absolute atomic E-state index is 0.0833. The van der Waals surface area contributed by atoms with Gasteiger partial charge in [0.15, 0.2) is 0 Å². The molecule has 0 amide bonds. The van der Waals surface area contributed by atoms with Crippen molar-refractivity contribution in [3.8, 4) is 0 Å². The lowest BCUT2D eigenvalue weighted by Gasteiger charge is -2.15. The highest BCUT2D eigenvalue weighted by Crippen LogP contribution is 2.05. The summed E-state index contributed by atoms with van der Waals surface area (Å²) in [5.41, 5.74) is 0. The number of rotatable bonds is 3. The molecule has 0 bridgehead atoms. The predicted molar refractivity (Wildman–Crippen MR) is 36.0 cm³/mol. The van der Waals surface area contributed by atoms with Crippen molar-refractivity contribution in [2.45, 2.75) is 26.3 Å². The van der Waals surface area contributed by atoms with Gasteiger partial charge < -0.3 is 4.74 Å². The van der Waals surface area contributed by atoms with Crippen LogP contribution in [0.2, 0.25) is 0 Å². The summed E-state index contributed by atoms with van der Waals surface area (Å²) < 4.78 is 4.88. The van der Waals surface area contributed by atoms with Crippen LogP contribution >= 0.6 is 0 Å². The Bertz CT molecular complexity index is 48.5. The van der Waals surface area contributed by atoms with Crippen molar-refractivity contribution in [3.63, 3.8) is 0 Å². The van der Waals surface area contributed by atoms with E-state index in [2.05, 4.69) is 13.8 Å². The highest BCUT2D eigenvalue weighted by molar-refractivity contribution is 6.11. The van der Waals surface area contributed by atoms with E-state index >= 15 is 0 Å². The molecule has 46 valence electrons. The van der Waals surface area contributed by atoms with Crippen molar-refractivity contribution >= 4 is 7.85 Å². The number of hydrogen-bond donors (Lipinski definition) is 0. The maximum atomic E-state index is 5.50. The first-order chi connectivity index (χ1) is 3.72. The van der Waals surface area contributed by atoms with Crippen molar-refractivity contribution in [1.82, 2.24) is 0 Å². The first-order valence-electron chi connectivity index (χ1n) is 3.00. The average Bonchev–Trinajstić information content (AvgIpc) is 1.84. The molecule has 0 spiro atoms. The lowest BCUT2D eigenvalue weighted by Crippen LogP contribution is -2.19. The van der Waals surface area contributed by atoms with Gasteiger partial charge in [0, 0.05) is 13.1 Å². The third-order valence-electron chi connectivity index (χ3n) is 1.48. The molecule has 0 fully saturated rings. The number of ether oxygens (including phenoxy) is 1. The largest absolute Gasteiger partial charge is 0.391 e. The maximum Gasteiger partial charge on any atom is 0.109 e. The fourth-order valence-corrected chi connectivity index (χ4v) is 0.465. The second kappa shape index (κ2) is 3.96. The Morgan fingerprint density at radius 3 is 2.25 bits per heavy atom. The molecule has 0 saturated carbocycles. The van der Waals surface area contributed by atoms with Gasteiger partial charge in [-0.2, -0.15) is 0 Å². The molecule has 2 unspecified atom stereocenters. The Morgan fingerprint density at radius 1 is 1.62 bits per heavy atom. The van der Waals surface area contributed by atoms with Gasteiger partial charge in [-0.3, -0.25) is 0 Å². The Morgan fingerprint density at radius 2 is 2.12 bits per heavy atom. The van der Waals surface area contributed by atoms with E-state index in [9.17, 15) is 0 Å². The Hall–Kier alpha value is 0.0249. The highest BCUT2D eigenvalue weighted by atomic mass is 16.5. The Labute approximate surface area is 52.8 Å². The summed E-state index contributed by atoms with van der Waals surface area (Å²) in [6.45, 7) is 4.18. The molecule has 8 heavy (non-hydrogen) atoms. The topological polar surface area (TPSA) is 9.23 Å². The van der Waals surface area contributed by atoms with Gasteiger partial charge >= 0.3 is 0 Å². The van der Waals surface area contributed by atoms with Crippen LogP contribution in [0.15, 0.2) is 0 Å². The summed E-state index contributed by atoms with van der Waals surface area (Å²) >= 11 is 0. The molecule has 0 aromatic carbocycles. The molecule has 0 aliphatic rings. The van der Waals surface area contributed by atoms with E-state index in [0.29, 0.717) is 5.92 Å². The van der Waals surface area contributed by atoms with Crippen molar-refractivity contribution in [2.75, 3.05) is 7.11 Å². The molecular formula is C6H13BO. The molecule has 0 N–H and O–H groups in total. The van der Waals surface area contributed by atoms with Gasteiger partial charge in [-0.25, -0.2) is 0 Å². The van der Waals surface area contributed by atoms with E-state index in [1.165, 1.54) is 0 Å². The summed E-state index contributed by atoms with van der Waals surface area (Å²) in [5.74, 6) is 0.472. The molecule has 0 aromatic heterocycles. The molecule has 0 heterocycles. The minimum Gasteiger partial charge on any atom is -0.391 e. The fraction of sp³-hybridized carbons (Fsp3) is 1.00. The Balaban J connectivity index is 3.29. The van der Waals surface area contributed by atoms with Gasteiger partial charge in [-0.05, 0) is 5.92 Å². The van der Waals surface area contributed by atoms with E-state index in [-0.39, 0.29) is 6.00 Å². The summed E-state index contributed by atoms with van der Waals surface area (Å²) in [4.78, 5) is 0. The molecule has 0 aliphatic heterocycles. The van der Waals surface area contributed by atoms with Gasteiger partial charge in [0.05, 0.1) is 0 Å². The fourth-order valence-electron chi connectivity index (χ4n) is 0.465. The van der Waals surface area contributed by atoms with Crippen LogP contribution in [0.3, 0.4) is 0 Å². The van der Waals surface area contributed by atoms with Crippen LogP contribution in [0.4, 0.5) is 0 Å². The lowest BCUT2D eigenvalue weighted by molar-refractivity contribution is 0.121. The first-order valence-corrected chi connectivity index (χ1v) is 3.00. The normalized spacial score (nSPS) is 17.9. The maximum absolute atomic E-state index is 5.50. The molecule has 2 radical (unpaired) electrons. The van der Waals surface area contributed by atoms with Gasteiger partial charge in [0.25, 0.3) is 0 Å². The van der Waals surface area contributed by atoms with Crippen LogP contribution in [0.1, 0.15) is 20.3 Å². The summed E-state index contributed by atoms with van der Waals surface area (Å²) in [7, 11) is 7.14. The molecule has 0 saturated heterocycles. The van der Waals surface area contributed by atoms with E-state index < -0.39 is 0 Å². The zero-order valence-corrected chi connectivity index (χ0v) is 5.85. The van der Waals surface area contributed by atoms with Crippen LogP contribution in [0.5, 0.6) is 0 Å². The summed E-state index contributed by atoms with van der Waals surface area (Å²) in [6.07, 6.45) is 1.08. The number of methoxy groups -OCH3 is 1. The summed E-state index contributed by atoms with van der Waals surface area (Å²) in [6, 6.07) is -0.0833. The molecule has 1 nitrogen and oxygen atoms in total. The van der Waals surface area contributed by atoms with Gasteiger partial charge in [-0.15, -0.1) is 0 Å². The monoisotopic (exact) mass is 112 g/mol. The van der Waals surface area contributed by atoms with Crippen molar-refractivity contribution < 1.29 is 4.74 Å². The van der Waals surface area contributed by atoms with E-state index in [4.69, 9.17) is 12.6 Å². The second-order valence-electron chi connectivity index (χ2n) is 2.09. The quantitative estimate of drug-likeness (QED) is 0.498. The van der Waals surface area contributed by atoms with E-state index in [1.807, 2.05) is 0 Å². The smallest absolute Gasteiger partial charge is 0.109 e. The molecular weight excluding hydrogens is 98.9 g/mol. The SMILES string of the molecule is [B]C(OC)C(C)CC. The van der Waals surface area contributed by atoms with Gasteiger partial charge in [-0.1, -0.05) is 20.3 Å². The number of hydrogen-bond acceptors (Lipinski definition) is 1. The minimum atomic E-state index is -0.0833. The third-order valence-corrected chi connectivity index (χ3v) is 1.48. The van der Waals surface area contributed by atoms with Crippen molar-refractivity contribution in [2.24, 2.45) is 5.92 Å². The third kappa shape index (κ3) is 2.36. The van der Waals surface area contributed by atoms with Gasteiger partial charge in [0.1, 0.15) is 7.85 Å². The van der Waals surface area contributed by atoms with Crippen LogP contribution in [0.25, 0.3) is 0 Å². The van der Waals surface area contributed by atoms with Crippen LogP contribution in [-0.2, 0) is 4.74 Å². The molecule has 0 aromatic rings. The summed E-state index contributed by atoms with van der Waals surface area (Å²) in [5, 5.41) is 0. The highest BCUT2D eigenvalue weighted by Gasteiger charge is 2.06. The van der Waals surface area contributed by atoms with E-state index in [0.717, 1.165) is 6.42 Å². The second-order valence-corrected chi connectivity index (χ2v) is 2.09. The van der Waals surface area contributed by atoms with E-state index in [1.54, 1.807) is 7.11 Å². The van der Waals surface area contributed by atoms with Crippen molar-refractivity contribution in [1.29, 1.82) is 0 Å². The lowest BCUT2D eigenvalue weighted by atomic mass is 9.86. The van der Waals surface area contributed by atoms with Crippen LogP contribution in [0, 0.1) is 5.92 Å². The zero-order valence-electron chi connectivity index (χ0n) is 5.85. The average molecular weight is 112 g/mol. The predicted octanol–water partition coefficient (Wildman–Crippen LogP) is 1.17. The zero-order chi connectivity index (χ0) is 6.57. The molecule has 2 atom stereocenters. The van der Waals surface area contributed by atoms with Crippen LogP contribution < -0.4 is 0 Å². The van der Waals surface area contributed by atoms with Crippen molar-refractivity contribution in [3.05, 3.63) is 0 Å². The standard InChI is InChI=1S/C6H13BO/c1-4-5(2)6(7)8-3/h5-6H,4H2,1-3H3. The Kier molecular flexibility index (Phi) is 3.97. The molecule has 2 heteroatoms.